The molecule has 0 bridgehead atoms. The van der Waals surface area contributed by atoms with Gasteiger partial charge in [-0.15, -0.1) is 0 Å². The third kappa shape index (κ3) is 2.31. The van der Waals surface area contributed by atoms with Crippen molar-refractivity contribution in [2.75, 3.05) is 6.54 Å². The molecule has 2 aromatic rings. The fraction of sp³-hybridized carbons (Fsp3) is 0.538. The highest BCUT2D eigenvalue weighted by Gasteiger charge is 2.36. The van der Waals surface area contributed by atoms with Gasteiger partial charge in [-0.2, -0.15) is 5.10 Å². The third-order valence-electron chi connectivity index (χ3n) is 3.47. The molecule has 2 heterocycles. The van der Waals surface area contributed by atoms with E-state index in [-0.39, 0.29) is 0 Å². The van der Waals surface area contributed by atoms with Crippen molar-refractivity contribution in [2.45, 2.75) is 33.2 Å². The van der Waals surface area contributed by atoms with Crippen molar-refractivity contribution in [1.29, 1.82) is 0 Å². The molecular weight excluding hydrogens is 212 g/mol. The fourth-order valence-electron chi connectivity index (χ4n) is 2.02. The van der Waals surface area contributed by atoms with Crippen molar-refractivity contribution in [3.05, 3.63) is 29.7 Å². The molecule has 1 saturated carbocycles. The summed E-state index contributed by atoms with van der Waals surface area (Å²) < 4.78 is 1.85. The van der Waals surface area contributed by atoms with Crippen LogP contribution < -0.4 is 5.32 Å². The Hall–Kier alpha value is -1.42. The van der Waals surface area contributed by atoms with E-state index in [2.05, 4.69) is 28.5 Å². The van der Waals surface area contributed by atoms with Gasteiger partial charge in [0.05, 0.1) is 5.69 Å². The van der Waals surface area contributed by atoms with E-state index in [9.17, 15) is 0 Å². The fourth-order valence-corrected chi connectivity index (χ4v) is 2.02. The van der Waals surface area contributed by atoms with Gasteiger partial charge in [0.2, 0.25) is 0 Å². The third-order valence-corrected chi connectivity index (χ3v) is 3.47. The summed E-state index contributed by atoms with van der Waals surface area (Å²) in [4.78, 5) is 4.39. The molecule has 1 aliphatic carbocycles. The lowest BCUT2D eigenvalue weighted by atomic mass is 10.1. The topological polar surface area (TPSA) is 42.2 Å². The second-order valence-corrected chi connectivity index (χ2v) is 5.46. The predicted molar refractivity (Wildman–Crippen MR) is 66.8 cm³/mol. The van der Waals surface area contributed by atoms with E-state index in [1.807, 2.05) is 23.7 Å². The monoisotopic (exact) mass is 230 g/mol. The molecule has 1 fully saturated rings. The maximum atomic E-state index is 4.39. The van der Waals surface area contributed by atoms with Crippen molar-refractivity contribution in [1.82, 2.24) is 19.9 Å². The van der Waals surface area contributed by atoms with Crippen LogP contribution in [-0.2, 0) is 6.54 Å². The molecule has 4 nitrogen and oxygen atoms in total. The van der Waals surface area contributed by atoms with Crippen molar-refractivity contribution in [3.63, 3.8) is 0 Å². The SMILES string of the molecule is Cc1cc2ncc(CNCC3(C)CC3)cn2n1. The molecule has 2 aromatic heterocycles. The van der Waals surface area contributed by atoms with Crippen LogP contribution in [0.2, 0.25) is 0 Å². The van der Waals surface area contributed by atoms with Crippen LogP contribution in [0.1, 0.15) is 31.0 Å². The number of hydrogen-bond acceptors (Lipinski definition) is 3. The summed E-state index contributed by atoms with van der Waals surface area (Å²) in [6, 6.07) is 1.99. The minimum atomic E-state index is 0.555. The van der Waals surface area contributed by atoms with Crippen LogP contribution in [0, 0.1) is 12.3 Å². The second-order valence-electron chi connectivity index (χ2n) is 5.46. The summed E-state index contributed by atoms with van der Waals surface area (Å²) in [5, 5.41) is 7.86. The van der Waals surface area contributed by atoms with Crippen molar-refractivity contribution in [3.8, 4) is 0 Å². The van der Waals surface area contributed by atoms with Gasteiger partial charge in [0.25, 0.3) is 0 Å². The summed E-state index contributed by atoms with van der Waals surface area (Å²) in [7, 11) is 0. The molecule has 0 unspecified atom stereocenters. The minimum absolute atomic E-state index is 0.555. The van der Waals surface area contributed by atoms with E-state index in [0.717, 1.165) is 24.4 Å². The molecule has 0 radical (unpaired) electrons. The first-order valence-corrected chi connectivity index (χ1v) is 6.16. The van der Waals surface area contributed by atoms with Crippen molar-refractivity contribution >= 4 is 5.65 Å². The summed E-state index contributed by atoms with van der Waals surface area (Å²) in [6.45, 7) is 6.29. The van der Waals surface area contributed by atoms with Gasteiger partial charge < -0.3 is 5.32 Å². The van der Waals surface area contributed by atoms with E-state index in [1.54, 1.807) is 0 Å². The molecule has 0 atom stereocenters. The average molecular weight is 230 g/mol. The molecular formula is C13H18N4. The van der Waals surface area contributed by atoms with Crippen molar-refractivity contribution < 1.29 is 0 Å². The lowest BCUT2D eigenvalue weighted by Gasteiger charge is -2.09. The molecule has 17 heavy (non-hydrogen) atoms. The van der Waals surface area contributed by atoms with Crippen LogP contribution in [0.4, 0.5) is 0 Å². The molecule has 0 saturated heterocycles. The van der Waals surface area contributed by atoms with Crippen LogP contribution in [-0.4, -0.2) is 21.1 Å². The van der Waals surface area contributed by atoms with E-state index >= 15 is 0 Å². The number of nitrogens with zero attached hydrogens (tertiary/aromatic N) is 3. The Morgan fingerprint density at radius 2 is 2.29 bits per heavy atom. The number of hydrogen-bond donors (Lipinski definition) is 1. The number of aromatic nitrogens is 3. The molecule has 4 heteroatoms. The Balaban J connectivity index is 1.67. The van der Waals surface area contributed by atoms with Gasteiger partial charge in [-0.25, -0.2) is 9.50 Å². The quantitative estimate of drug-likeness (QED) is 0.872. The highest BCUT2D eigenvalue weighted by atomic mass is 15.2. The first-order chi connectivity index (χ1) is 8.15. The first-order valence-electron chi connectivity index (χ1n) is 6.16. The van der Waals surface area contributed by atoms with Gasteiger partial charge >= 0.3 is 0 Å². The van der Waals surface area contributed by atoms with Gasteiger partial charge in [-0.1, -0.05) is 6.92 Å². The summed E-state index contributed by atoms with van der Waals surface area (Å²) >= 11 is 0. The largest absolute Gasteiger partial charge is 0.312 e. The van der Waals surface area contributed by atoms with Crippen LogP contribution in [0.5, 0.6) is 0 Å². The molecule has 0 aliphatic heterocycles. The maximum Gasteiger partial charge on any atom is 0.155 e. The maximum absolute atomic E-state index is 4.39. The zero-order valence-corrected chi connectivity index (χ0v) is 10.4. The van der Waals surface area contributed by atoms with Crippen LogP contribution in [0.3, 0.4) is 0 Å². The van der Waals surface area contributed by atoms with Crippen LogP contribution in [0.15, 0.2) is 18.5 Å². The average Bonchev–Trinajstić information content (AvgIpc) is 2.89. The van der Waals surface area contributed by atoms with E-state index < -0.39 is 0 Å². The second kappa shape index (κ2) is 3.81. The standard InChI is InChI=1S/C13H18N4/c1-10-5-12-15-7-11(8-17(12)16-10)6-14-9-13(2)3-4-13/h5,7-8,14H,3-4,6,9H2,1-2H3. The van der Waals surface area contributed by atoms with E-state index in [1.165, 1.54) is 18.4 Å². The molecule has 0 spiro atoms. The molecule has 90 valence electrons. The normalized spacial score (nSPS) is 17.5. The molecule has 0 aromatic carbocycles. The Labute approximate surface area is 101 Å². The predicted octanol–water partition coefficient (Wildman–Crippen LogP) is 1.93. The Morgan fingerprint density at radius 1 is 1.47 bits per heavy atom. The van der Waals surface area contributed by atoms with Crippen LogP contribution >= 0.6 is 0 Å². The van der Waals surface area contributed by atoms with Gasteiger partial charge in [0, 0.05) is 37.1 Å². The Bertz CT molecular complexity index is 539. The van der Waals surface area contributed by atoms with Gasteiger partial charge in [-0.05, 0) is 25.2 Å². The Morgan fingerprint density at radius 3 is 3.06 bits per heavy atom. The molecule has 1 aliphatic rings. The van der Waals surface area contributed by atoms with E-state index in [0.29, 0.717) is 5.41 Å². The lowest BCUT2D eigenvalue weighted by molar-refractivity contribution is 0.498. The Kier molecular flexibility index (Phi) is 2.40. The number of nitrogens with one attached hydrogen (secondary N) is 1. The smallest absolute Gasteiger partial charge is 0.155 e. The number of aryl methyl sites for hydroxylation is 1. The van der Waals surface area contributed by atoms with Crippen LogP contribution in [0.25, 0.3) is 5.65 Å². The molecule has 0 amide bonds. The number of fused-ring (bicyclic) bond motifs is 1. The zero-order valence-electron chi connectivity index (χ0n) is 10.4. The first kappa shape index (κ1) is 10.7. The lowest BCUT2D eigenvalue weighted by Crippen LogP contribution is -2.21. The minimum Gasteiger partial charge on any atom is -0.312 e. The zero-order chi connectivity index (χ0) is 11.9. The number of rotatable bonds is 4. The summed E-state index contributed by atoms with van der Waals surface area (Å²) in [5.41, 5.74) is 3.66. The van der Waals surface area contributed by atoms with E-state index in [4.69, 9.17) is 0 Å². The van der Waals surface area contributed by atoms with Gasteiger partial charge in [0.1, 0.15) is 0 Å². The molecule has 1 N–H and O–H groups in total. The highest BCUT2D eigenvalue weighted by Crippen LogP contribution is 2.44. The van der Waals surface area contributed by atoms with Crippen molar-refractivity contribution in [2.24, 2.45) is 5.41 Å². The summed E-state index contributed by atoms with van der Waals surface area (Å²) in [6.07, 6.45) is 6.70. The van der Waals surface area contributed by atoms with Gasteiger partial charge in [0.15, 0.2) is 5.65 Å². The summed E-state index contributed by atoms with van der Waals surface area (Å²) in [5.74, 6) is 0. The highest BCUT2D eigenvalue weighted by molar-refractivity contribution is 5.38. The van der Waals surface area contributed by atoms with Gasteiger partial charge in [-0.3, -0.25) is 0 Å². The molecule has 3 rings (SSSR count).